The zero-order valence-electron chi connectivity index (χ0n) is 14.8. The Balaban J connectivity index is 1.62. The first-order valence-electron chi connectivity index (χ1n) is 8.85. The summed E-state index contributed by atoms with van der Waals surface area (Å²) in [6.45, 7) is -0.472. The minimum absolute atomic E-state index is 0.472. The molecule has 1 saturated heterocycles. The van der Waals surface area contributed by atoms with Crippen molar-refractivity contribution in [2.45, 2.75) is 36.9 Å². The second-order valence-electron chi connectivity index (χ2n) is 6.88. The molecule has 28 heavy (non-hydrogen) atoms. The number of hydrogen-bond acceptors (Lipinski definition) is 7. The van der Waals surface area contributed by atoms with Crippen LogP contribution in [-0.4, -0.2) is 66.0 Å². The molecule has 2 unspecified atom stereocenters. The minimum atomic E-state index is -1.43. The molecule has 3 heterocycles. The standard InChI is InChI=1S/C19H20ClN3O5/c20-13-3-2-11(19-18(27)17(26)16(25)14(8-24)28-19)6-12(13)5-10-1-4-15-21-9-22-23(15)7-10/h1-4,6-7,9,14,16-19,24-27H,5,8H2/t14?,16-,17?,18+,19+/m1/s1. The number of nitrogens with zero attached hydrogens (tertiary/aromatic N) is 3. The van der Waals surface area contributed by atoms with E-state index in [1.807, 2.05) is 18.3 Å². The van der Waals surface area contributed by atoms with E-state index < -0.39 is 37.1 Å². The summed E-state index contributed by atoms with van der Waals surface area (Å²) in [4.78, 5) is 4.11. The Labute approximate surface area is 165 Å². The molecular formula is C19H20ClN3O5. The maximum absolute atomic E-state index is 10.4. The molecule has 148 valence electrons. The molecule has 1 fully saturated rings. The van der Waals surface area contributed by atoms with Gasteiger partial charge in [-0.2, -0.15) is 5.10 Å². The van der Waals surface area contributed by atoms with Crippen LogP contribution in [0.1, 0.15) is 22.8 Å². The van der Waals surface area contributed by atoms with E-state index in [-0.39, 0.29) is 0 Å². The van der Waals surface area contributed by atoms with Crippen LogP contribution in [-0.2, 0) is 11.2 Å². The number of halogens is 1. The van der Waals surface area contributed by atoms with E-state index in [1.165, 1.54) is 6.33 Å². The second kappa shape index (κ2) is 7.75. The molecule has 1 aromatic carbocycles. The van der Waals surface area contributed by atoms with Crippen molar-refractivity contribution < 1.29 is 25.2 Å². The molecule has 0 spiro atoms. The number of pyridine rings is 1. The molecule has 4 N–H and O–H groups in total. The van der Waals surface area contributed by atoms with E-state index in [0.29, 0.717) is 17.0 Å². The van der Waals surface area contributed by atoms with Crippen LogP contribution in [0.25, 0.3) is 5.65 Å². The van der Waals surface area contributed by atoms with Crippen molar-refractivity contribution in [2.24, 2.45) is 0 Å². The molecule has 0 saturated carbocycles. The Kier molecular flexibility index (Phi) is 5.33. The highest BCUT2D eigenvalue weighted by Gasteiger charge is 2.43. The monoisotopic (exact) mass is 405 g/mol. The number of ether oxygens (including phenoxy) is 1. The molecule has 0 bridgehead atoms. The third kappa shape index (κ3) is 3.50. The number of hydrogen-bond donors (Lipinski definition) is 4. The Bertz CT molecular complexity index is 979. The Morgan fingerprint density at radius 3 is 2.68 bits per heavy atom. The van der Waals surface area contributed by atoms with Gasteiger partial charge in [-0.25, -0.2) is 9.50 Å². The first kappa shape index (κ1) is 19.3. The van der Waals surface area contributed by atoms with Gasteiger partial charge in [0.05, 0.1) is 6.61 Å². The molecule has 0 amide bonds. The van der Waals surface area contributed by atoms with Gasteiger partial charge in [-0.15, -0.1) is 0 Å². The maximum Gasteiger partial charge on any atom is 0.155 e. The van der Waals surface area contributed by atoms with Crippen molar-refractivity contribution in [1.82, 2.24) is 14.6 Å². The van der Waals surface area contributed by atoms with E-state index in [2.05, 4.69) is 10.1 Å². The van der Waals surface area contributed by atoms with Crippen LogP contribution >= 0.6 is 11.6 Å². The second-order valence-corrected chi connectivity index (χ2v) is 7.28. The molecule has 9 heteroatoms. The molecule has 4 rings (SSSR count). The van der Waals surface area contributed by atoms with Gasteiger partial charge in [0.25, 0.3) is 0 Å². The van der Waals surface area contributed by atoms with E-state index in [1.54, 1.807) is 22.7 Å². The highest BCUT2D eigenvalue weighted by Crippen LogP contribution is 2.34. The third-order valence-electron chi connectivity index (χ3n) is 5.02. The van der Waals surface area contributed by atoms with Crippen LogP contribution in [0.2, 0.25) is 5.02 Å². The summed E-state index contributed by atoms with van der Waals surface area (Å²) >= 11 is 6.36. The zero-order valence-corrected chi connectivity index (χ0v) is 15.5. The molecule has 8 nitrogen and oxygen atoms in total. The third-order valence-corrected chi connectivity index (χ3v) is 5.39. The van der Waals surface area contributed by atoms with Gasteiger partial charge < -0.3 is 25.2 Å². The average molecular weight is 406 g/mol. The quantitative estimate of drug-likeness (QED) is 0.498. The van der Waals surface area contributed by atoms with Crippen LogP contribution in [0, 0.1) is 0 Å². The van der Waals surface area contributed by atoms with Crippen LogP contribution in [0.3, 0.4) is 0 Å². The number of benzene rings is 1. The average Bonchev–Trinajstić information content (AvgIpc) is 3.16. The summed E-state index contributed by atoms with van der Waals surface area (Å²) < 4.78 is 7.30. The Morgan fingerprint density at radius 1 is 1.07 bits per heavy atom. The SMILES string of the molecule is OCC1O[C@@H](c2ccc(Cl)c(Cc3ccc4ncnn4c3)c2)[C@@H](O)C(O)[C@@H]1O. The van der Waals surface area contributed by atoms with Crippen LogP contribution in [0.5, 0.6) is 0 Å². The fourth-order valence-electron chi connectivity index (χ4n) is 3.47. The van der Waals surface area contributed by atoms with Crippen molar-refractivity contribution in [3.8, 4) is 0 Å². The summed E-state index contributed by atoms with van der Waals surface area (Å²) in [6, 6.07) is 8.97. The summed E-state index contributed by atoms with van der Waals surface area (Å²) in [7, 11) is 0. The lowest BCUT2D eigenvalue weighted by atomic mass is 9.90. The molecular weight excluding hydrogens is 386 g/mol. The van der Waals surface area contributed by atoms with E-state index in [0.717, 1.165) is 16.8 Å². The van der Waals surface area contributed by atoms with Gasteiger partial charge in [0, 0.05) is 17.6 Å². The van der Waals surface area contributed by atoms with E-state index >= 15 is 0 Å². The van der Waals surface area contributed by atoms with Crippen molar-refractivity contribution >= 4 is 17.2 Å². The molecule has 0 aliphatic carbocycles. The highest BCUT2D eigenvalue weighted by atomic mass is 35.5. The first-order chi connectivity index (χ1) is 13.5. The van der Waals surface area contributed by atoms with Gasteiger partial charge in [0.15, 0.2) is 5.65 Å². The number of aliphatic hydroxyl groups is 4. The lowest BCUT2D eigenvalue weighted by Crippen LogP contribution is -2.55. The fourth-order valence-corrected chi connectivity index (χ4v) is 3.65. The summed E-state index contributed by atoms with van der Waals surface area (Å²) in [5, 5.41) is 44.4. The Morgan fingerprint density at radius 2 is 1.89 bits per heavy atom. The predicted molar refractivity (Wildman–Crippen MR) is 100.0 cm³/mol. The van der Waals surface area contributed by atoms with E-state index in [9.17, 15) is 20.4 Å². The normalized spacial score (nSPS) is 28.0. The molecule has 3 aromatic rings. The number of aliphatic hydroxyl groups excluding tert-OH is 4. The topological polar surface area (TPSA) is 120 Å². The maximum atomic E-state index is 10.4. The highest BCUT2D eigenvalue weighted by molar-refractivity contribution is 6.31. The smallest absolute Gasteiger partial charge is 0.155 e. The number of aromatic nitrogens is 3. The minimum Gasteiger partial charge on any atom is -0.394 e. The molecule has 5 atom stereocenters. The molecule has 1 aliphatic rings. The van der Waals surface area contributed by atoms with Crippen LogP contribution in [0.4, 0.5) is 0 Å². The number of rotatable bonds is 4. The summed E-state index contributed by atoms with van der Waals surface area (Å²) in [6.07, 6.45) is -2.16. The lowest BCUT2D eigenvalue weighted by molar-refractivity contribution is -0.231. The molecule has 2 aromatic heterocycles. The largest absolute Gasteiger partial charge is 0.394 e. The first-order valence-corrected chi connectivity index (χ1v) is 9.23. The van der Waals surface area contributed by atoms with Gasteiger partial charge in [0.2, 0.25) is 0 Å². The molecule has 0 radical (unpaired) electrons. The zero-order chi connectivity index (χ0) is 19.8. The number of fused-ring (bicyclic) bond motifs is 1. The fraction of sp³-hybridized carbons (Fsp3) is 0.368. The van der Waals surface area contributed by atoms with Crippen molar-refractivity contribution in [1.29, 1.82) is 0 Å². The van der Waals surface area contributed by atoms with Gasteiger partial charge in [0.1, 0.15) is 36.8 Å². The van der Waals surface area contributed by atoms with Crippen molar-refractivity contribution in [2.75, 3.05) is 6.61 Å². The summed E-state index contributed by atoms with van der Waals surface area (Å²) in [5.41, 5.74) is 3.10. The predicted octanol–water partition coefficient (Wildman–Crippen LogP) is 0.488. The van der Waals surface area contributed by atoms with E-state index in [4.69, 9.17) is 16.3 Å². The van der Waals surface area contributed by atoms with Gasteiger partial charge >= 0.3 is 0 Å². The van der Waals surface area contributed by atoms with Crippen molar-refractivity contribution in [3.05, 3.63) is 64.6 Å². The van der Waals surface area contributed by atoms with Gasteiger partial charge in [-0.05, 0) is 28.8 Å². The van der Waals surface area contributed by atoms with Gasteiger partial charge in [-0.1, -0.05) is 29.8 Å². The van der Waals surface area contributed by atoms with Gasteiger partial charge in [-0.3, -0.25) is 0 Å². The van der Waals surface area contributed by atoms with Crippen molar-refractivity contribution in [3.63, 3.8) is 0 Å². The lowest BCUT2D eigenvalue weighted by Gasteiger charge is -2.40. The Hall–Kier alpha value is -2.07. The van der Waals surface area contributed by atoms with Crippen LogP contribution < -0.4 is 0 Å². The summed E-state index contributed by atoms with van der Waals surface area (Å²) in [5.74, 6) is 0. The molecule has 1 aliphatic heterocycles. The van der Waals surface area contributed by atoms with Crippen LogP contribution in [0.15, 0.2) is 42.9 Å².